The van der Waals surface area contributed by atoms with Gasteiger partial charge in [0.2, 0.25) is 0 Å². The van der Waals surface area contributed by atoms with Crippen molar-refractivity contribution in [3.63, 3.8) is 0 Å². The number of amides is 2. The highest BCUT2D eigenvalue weighted by molar-refractivity contribution is 7.15. The fraction of sp³-hybridized carbons (Fsp3) is 0.379. The molecule has 0 bridgehead atoms. The maximum atomic E-state index is 13.3. The van der Waals surface area contributed by atoms with Gasteiger partial charge in [-0.3, -0.25) is 9.80 Å². The Hall–Kier alpha value is -2.79. The first-order chi connectivity index (χ1) is 19.6. The molecule has 0 aliphatic carbocycles. The summed E-state index contributed by atoms with van der Waals surface area (Å²) >= 11 is 13.1. The average Bonchev–Trinajstić information content (AvgIpc) is 3.51. The second-order valence-corrected chi connectivity index (χ2v) is 11.7. The monoisotopic (exact) mass is 626 g/mol. The number of carbonyl (C=O) groups is 1. The molecule has 0 radical (unpaired) electrons. The summed E-state index contributed by atoms with van der Waals surface area (Å²) in [5.41, 5.74) is 1.26. The minimum Gasteiger partial charge on any atom is -0.405 e. The quantitative estimate of drug-likeness (QED) is 0.300. The van der Waals surface area contributed by atoms with Gasteiger partial charge in [0.25, 0.3) is 0 Å². The lowest BCUT2D eigenvalue weighted by Gasteiger charge is -2.40. The van der Waals surface area contributed by atoms with Gasteiger partial charge in [-0.05, 0) is 55.8 Å². The Balaban J connectivity index is 0.00000189. The summed E-state index contributed by atoms with van der Waals surface area (Å²) in [6.07, 6.45) is 1.99. The first-order valence-corrected chi connectivity index (χ1v) is 14.9. The Morgan fingerprint density at radius 1 is 1.15 bits per heavy atom. The number of aromatic nitrogens is 1. The highest BCUT2D eigenvalue weighted by Crippen LogP contribution is 2.52. The second kappa shape index (κ2) is 13.5. The van der Waals surface area contributed by atoms with E-state index in [1.54, 1.807) is 12.3 Å². The zero-order chi connectivity index (χ0) is 29.6. The molecular formula is C29H31Cl2F3N4O2S. The van der Waals surface area contributed by atoms with Gasteiger partial charge in [0, 0.05) is 40.2 Å². The van der Waals surface area contributed by atoms with E-state index in [1.165, 1.54) is 28.4 Å². The molecule has 12 heteroatoms. The smallest absolute Gasteiger partial charge is 0.405 e. The number of anilines is 1. The molecule has 1 fully saturated rings. The molecule has 3 heterocycles. The van der Waals surface area contributed by atoms with E-state index >= 15 is 0 Å². The number of likely N-dealkylation sites (tertiary alicyclic amines) is 1. The summed E-state index contributed by atoms with van der Waals surface area (Å²) in [7, 11) is 0. The third kappa shape index (κ3) is 7.74. The van der Waals surface area contributed by atoms with Crippen molar-refractivity contribution in [2.75, 3.05) is 31.1 Å². The Bertz CT molecular complexity index is 1360. The molecule has 0 saturated carbocycles. The number of nitrogens with zero attached hydrogens (tertiary/aromatic N) is 3. The topological polar surface area (TPSA) is 57.7 Å². The SMILES string of the molecule is CC.O=C(NCc1cnc(Cl)s1)N1CC2(CCN(C/C=C/c3ccc(Cl)cc3)CC2)c2c(OC(F)(F)F)cccc21. The maximum absolute atomic E-state index is 13.3. The minimum absolute atomic E-state index is 0.217. The normalized spacial score (nSPS) is 16.4. The standard InChI is InChI=1S/C27H25Cl2F3N4O2S.C2H6/c28-19-8-6-18(7-9-19)3-2-12-35-13-10-26(11-14-35)17-36(25(37)34-16-20-15-33-24(29)39-20)21-4-1-5-22(23(21)26)38-27(30,31)32;1-2/h1-9,15H,10-14,16-17H2,(H,34,37);1-2H3/b3-2+;. The highest BCUT2D eigenvalue weighted by Gasteiger charge is 2.49. The van der Waals surface area contributed by atoms with E-state index in [1.807, 2.05) is 44.2 Å². The van der Waals surface area contributed by atoms with Crippen molar-refractivity contribution < 1.29 is 22.7 Å². The molecule has 1 saturated heterocycles. The maximum Gasteiger partial charge on any atom is 0.573 e. The van der Waals surface area contributed by atoms with E-state index in [0.29, 0.717) is 53.2 Å². The van der Waals surface area contributed by atoms with Crippen LogP contribution in [0.2, 0.25) is 9.49 Å². The molecule has 3 aromatic rings. The van der Waals surface area contributed by atoms with Crippen molar-refractivity contribution in [1.29, 1.82) is 0 Å². The molecule has 2 aliphatic heterocycles. The van der Waals surface area contributed by atoms with Crippen molar-refractivity contribution in [3.05, 3.63) is 80.2 Å². The van der Waals surface area contributed by atoms with Crippen LogP contribution in [0, 0.1) is 0 Å². The second-order valence-electron chi connectivity index (χ2n) is 9.56. The van der Waals surface area contributed by atoms with E-state index in [4.69, 9.17) is 23.2 Å². The summed E-state index contributed by atoms with van der Waals surface area (Å²) in [4.78, 5) is 21.8. The molecule has 6 nitrogen and oxygen atoms in total. The van der Waals surface area contributed by atoms with Gasteiger partial charge in [-0.1, -0.05) is 67.4 Å². The summed E-state index contributed by atoms with van der Waals surface area (Å²) in [5.74, 6) is -0.249. The van der Waals surface area contributed by atoms with Gasteiger partial charge in [0.15, 0.2) is 4.47 Å². The van der Waals surface area contributed by atoms with Crippen LogP contribution in [0.3, 0.4) is 0 Å². The molecule has 2 amide bonds. The van der Waals surface area contributed by atoms with Gasteiger partial charge in [-0.15, -0.1) is 24.5 Å². The summed E-state index contributed by atoms with van der Waals surface area (Å²) < 4.78 is 44.9. The number of fused-ring (bicyclic) bond motifs is 2. The molecule has 2 aliphatic rings. The average molecular weight is 628 g/mol. The number of carbonyl (C=O) groups excluding carboxylic acids is 1. The van der Waals surface area contributed by atoms with E-state index in [-0.39, 0.29) is 18.8 Å². The lowest BCUT2D eigenvalue weighted by Crippen LogP contribution is -2.47. The van der Waals surface area contributed by atoms with Crippen molar-refractivity contribution >= 4 is 52.3 Å². The van der Waals surface area contributed by atoms with Gasteiger partial charge in [-0.25, -0.2) is 9.78 Å². The number of benzene rings is 2. The van der Waals surface area contributed by atoms with Gasteiger partial charge in [0.05, 0.1) is 12.2 Å². The third-order valence-electron chi connectivity index (χ3n) is 7.05. The molecule has 1 aromatic heterocycles. The zero-order valence-electron chi connectivity index (χ0n) is 22.7. The molecular weight excluding hydrogens is 596 g/mol. The number of ether oxygens (including phenoxy) is 1. The number of halogens is 5. The Kier molecular flexibility index (Phi) is 10.2. The predicted octanol–water partition coefficient (Wildman–Crippen LogP) is 8.15. The van der Waals surface area contributed by atoms with Gasteiger partial charge in [0.1, 0.15) is 5.75 Å². The van der Waals surface area contributed by atoms with E-state index in [9.17, 15) is 18.0 Å². The van der Waals surface area contributed by atoms with E-state index in [2.05, 4.69) is 26.0 Å². The first-order valence-electron chi connectivity index (χ1n) is 13.3. The Morgan fingerprint density at radius 3 is 2.49 bits per heavy atom. The fourth-order valence-electron chi connectivity index (χ4n) is 5.24. The highest BCUT2D eigenvalue weighted by atomic mass is 35.5. The number of thiazole rings is 1. The molecule has 1 spiro atoms. The van der Waals surface area contributed by atoms with Crippen LogP contribution >= 0.6 is 34.5 Å². The minimum atomic E-state index is -4.84. The molecule has 0 atom stereocenters. The van der Waals surface area contributed by atoms with Crippen LogP contribution < -0.4 is 15.0 Å². The molecule has 0 unspecified atom stereocenters. The van der Waals surface area contributed by atoms with Crippen molar-refractivity contribution in [2.24, 2.45) is 0 Å². The van der Waals surface area contributed by atoms with Crippen LogP contribution in [0.25, 0.3) is 6.08 Å². The zero-order valence-corrected chi connectivity index (χ0v) is 25.0. The van der Waals surface area contributed by atoms with Crippen molar-refractivity contribution in [1.82, 2.24) is 15.2 Å². The predicted molar refractivity (Wildman–Crippen MR) is 159 cm³/mol. The molecule has 5 rings (SSSR count). The largest absolute Gasteiger partial charge is 0.573 e. The number of urea groups is 1. The van der Waals surface area contributed by atoms with Gasteiger partial charge in [-0.2, -0.15) is 0 Å². The van der Waals surface area contributed by atoms with Crippen LogP contribution in [-0.2, 0) is 12.0 Å². The fourth-order valence-corrected chi connectivity index (χ4v) is 6.29. The lowest BCUT2D eigenvalue weighted by molar-refractivity contribution is -0.275. The molecule has 1 N–H and O–H groups in total. The van der Waals surface area contributed by atoms with Gasteiger partial charge >= 0.3 is 12.4 Å². The first kappa shape index (κ1) is 31.2. The number of hydrogen-bond donors (Lipinski definition) is 1. The van der Waals surface area contributed by atoms with Crippen LogP contribution in [0.5, 0.6) is 5.75 Å². The lowest BCUT2D eigenvalue weighted by atomic mass is 9.74. The van der Waals surface area contributed by atoms with Crippen LogP contribution in [0.15, 0.2) is 54.7 Å². The van der Waals surface area contributed by atoms with Crippen molar-refractivity contribution in [2.45, 2.75) is 45.0 Å². The Labute approximate surface area is 251 Å². The molecule has 41 heavy (non-hydrogen) atoms. The van der Waals surface area contributed by atoms with Gasteiger partial charge < -0.3 is 10.1 Å². The summed E-state index contributed by atoms with van der Waals surface area (Å²) in [6, 6.07) is 11.6. The van der Waals surface area contributed by atoms with Crippen LogP contribution in [0.1, 0.15) is 42.7 Å². The van der Waals surface area contributed by atoms with Crippen LogP contribution in [0.4, 0.5) is 23.7 Å². The third-order valence-corrected chi connectivity index (χ3v) is 8.42. The van der Waals surface area contributed by atoms with E-state index in [0.717, 1.165) is 10.4 Å². The number of hydrogen-bond acceptors (Lipinski definition) is 5. The Morgan fingerprint density at radius 2 is 1.85 bits per heavy atom. The number of piperidine rings is 1. The number of nitrogens with one attached hydrogen (secondary N) is 1. The summed E-state index contributed by atoms with van der Waals surface area (Å²) in [5, 5.41) is 3.52. The molecule has 220 valence electrons. The number of alkyl halides is 3. The number of rotatable bonds is 6. The summed E-state index contributed by atoms with van der Waals surface area (Å²) in [6.45, 7) is 6.52. The molecule has 2 aromatic carbocycles. The van der Waals surface area contributed by atoms with E-state index < -0.39 is 17.8 Å². The van der Waals surface area contributed by atoms with Crippen LogP contribution in [-0.4, -0.2) is 48.5 Å². The van der Waals surface area contributed by atoms with Crippen molar-refractivity contribution in [3.8, 4) is 5.75 Å².